The van der Waals surface area contributed by atoms with Crippen LogP contribution in [0.5, 0.6) is 0 Å². The van der Waals surface area contributed by atoms with Crippen molar-refractivity contribution in [3.8, 4) is 0 Å². The number of hydrogen-bond acceptors (Lipinski definition) is 3. The average Bonchev–Trinajstić information content (AvgIpc) is 3.21. The fraction of sp³-hybridized carbons (Fsp3) is 0.188. The summed E-state index contributed by atoms with van der Waals surface area (Å²) in [6.07, 6.45) is 6.95. The highest BCUT2D eigenvalue weighted by molar-refractivity contribution is 5.93. The van der Waals surface area contributed by atoms with Crippen LogP contribution < -0.4 is 5.32 Å². The number of carbonyl (C=O) groups excluding carboxylic acids is 1. The molecule has 2 heterocycles. The predicted octanol–water partition coefficient (Wildman–Crippen LogP) is 2.33. The molecule has 0 saturated carbocycles. The summed E-state index contributed by atoms with van der Waals surface area (Å²) < 4.78 is 3.62. The maximum absolute atomic E-state index is 12.2. The minimum atomic E-state index is -0.246. The minimum absolute atomic E-state index is 0.0415. The number of anilines is 1. The van der Waals surface area contributed by atoms with Crippen molar-refractivity contribution in [3.05, 3.63) is 67.0 Å². The second kappa shape index (κ2) is 6.26. The lowest BCUT2D eigenvalue weighted by Crippen LogP contribution is -2.22. The molecule has 3 aromatic rings. The average molecular weight is 295 g/mol. The summed E-state index contributed by atoms with van der Waals surface area (Å²) in [6.45, 7) is 2.53. The van der Waals surface area contributed by atoms with E-state index in [0.29, 0.717) is 6.54 Å². The van der Waals surface area contributed by atoms with Crippen molar-refractivity contribution in [1.82, 2.24) is 19.3 Å². The van der Waals surface area contributed by atoms with Gasteiger partial charge < -0.3 is 9.88 Å². The first-order valence-electron chi connectivity index (χ1n) is 7.07. The molecule has 1 N–H and O–H groups in total. The summed E-state index contributed by atoms with van der Waals surface area (Å²) in [7, 11) is 0. The highest BCUT2D eigenvalue weighted by Crippen LogP contribution is 2.14. The standard InChI is InChI=1S/C16H17N5O/c1-13(20-8-2-3-9-20)16(22)19-15-6-4-14(5-7-15)10-21-12-17-11-18-21/h2-9,11-13H,10H2,1H3,(H,19,22)/t13-/m0/s1. The molecule has 0 aliphatic carbocycles. The van der Waals surface area contributed by atoms with E-state index in [9.17, 15) is 4.79 Å². The van der Waals surface area contributed by atoms with Gasteiger partial charge in [0.15, 0.2) is 0 Å². The van der Waals surface area contributed by atoms with Crippen molar-refractivity contribution in [1.29, 1.82) is 0 Å². The zero-order valence-electron chi connectivity index (χ0n) is 12.3. The highest BCUT2D eigenvalue weighted by Gasteiger charge is 2.13. The van der Waals surface area contributed by atoms with Gasteiger partial charge in [-0.2, -0.15) is 5.10 Å². The molecule has 0 spiro atoms. The van der Waals surface area contributed by atoms with E-state index >= 15 is 0 Å². The largest absolute Gasteiger partial charge is 0.342 e. The molecular weight excluding hydrogens is 278 g/mol. The number of amides is 1. The van der Waals surface area contributed by atoms with Crippen molar-refractivity contribution >= 4 is 11.6 Å². The van der Waals surface area contributed by atoms with Gasteiger partial charge in [0.1, 0.15) is 18.7 Å². The molecule has 0 saturated heterocycles. The molecule has 112 valence electrons. The lowest BCUT2D eigenvalue weighted by molar-refractivity contribution is -0.118. The molecule has 6 heteroatoms. The minimum Gasteiger partial charge on any atom is -0.342 e. The van der Waals surface area contributed by atoms with E-state index in [1.807, 2.05) is 60.3 Å². The van der Waals surface area contributed by atoms with E-state index in [1.54, 1.807) is 11.0 Å². The Hall–Kier alpha value is -2.89. The molecule has 0 unspecified atom stereocenters. The summed E-state index contributed by atoms with van der Waals surface area (Å²) >= 11 is 0. The maximum Gasteiger partial charge on any atom is 0.247 e. The van der Waals surface area contributed by atoms with Gasteiger partial charge in [-0.05, 0) is 36.8 Å². The van der Waals surface area contributed by atoms with Crippen LogP contribution in [0.4, 0.5) is 5.69 Å². The Balaban J connectivity index is 1.62. The molecule has 0 aliphatic heterocycles. The van der Waals surface area contributed by atoms with Crippen LogP contribution in [0, 0.1) is 0 Å². The number of rotatable bonds is 5. The van der Waals surface area contributed by atoms with Crippen molar-refractivity contribution < 1.29 is 4.79 Å². The molecule has 0 radical (unpaired) electrons. The van der Waals surface area contributed by atoms with E-state index in [2.05, 4.69) is 15.4 Å². The van der Waals surface area contributed by atoms with Gasteiger partial charge in [0.05, 0.1) is 6.54 Å². The first kappa shape index (κ1) is 14.1. The summed E-state index contributed by atoms with van der Waals surface area (Å²) in [6, 6.07) is 11.3. The van der Waals surface area contributed by atoms with Crippen LogP contribution in [0.1, 0.15) is 18.5 Å². The van der Waals surface area contributed by atoms with Crippen molar-refractivity contribution in [2.75, 3.05) is 5.32 Å². The van der Waals surface area contributed by atoms with E-state index < -0.39 is 0 Å². The van der Waals surface area contributed by atoms with Gasteiger partial charge in [0.25, 0.3) is 0 Å². The first-order valence-corrected chi connectivity index (χ1v) is 7.07. The molecule has 0 bridgehead atoms. The Kier molecular flexibility index (Phi) is 4.00. The van der Waals surface area contributed by atoms with Gasteiger partial charge in [-0.3, -0.25) is 4.79 Å². The number of carbonyl (C=O) groups is 1. The third kappa shape index (κ3) is 3.22. The lowest BCUT2D eigenvalue weighted by atomic mass is 10.2. The second-order valence-corrected chi connectivity index (χ2v) is 5.09. The molecule has 1 atom stereocenters. The summed E-state index contributed by atoms with van der Waals surface area (Å²) in [5, 5.41) is 6.99. The van der Waals surface area contributed by atoms with Crippen LogP contribution in [-0.4, -0.2) is 25.2 Å². The molecule has 0 fully saturated rings. The molecule has 3 rings (SSSR count). The molecule has 22 heavy (non-hydrogen) atoms. The number of hydrogen-bond donors (Lipinski definition) is 1. The van der Waals surface area contributed by atoms with E-state index in [-0.39, 0.29) is 11.9 Å². The summed E-state index contributed by atoms with van der Waals surface area (Å²) in [5.41, 5.74) is 1.88. The summed E-state index contributed by atoms with van der Waals surface area (Å²) in [4.78, 5) is 16.1. The van der Waals surface area contributed by atoms with Gasteiger partial charge in [0, 0.05) is 18.1 Å². The number of nitrogens with zero attached hydrogens (tertiary/aromatic N) is 4. The number of nitrogens with one attached hydrogen (secondary N) is 1. The monoisotopic (exact) mass is 295 g/mol. The molecule has 6 nitrogen and oxygen atoms in total. The van der Waals surface area contributed by atoms with Crippen LogP contribution in [0.15, 0.2) is 61.4 Å². The Bertz CT molecular complexity index is 717. The van der Waals surface area contributed by atoms with E-state index in [0.717, 1.165) is 11.3 Å². The highest BCUT2D eigenvalue weighted by atomic mass is 16.2. The fourth-order valence-electron chi connectivity index (χ4n) is 2.18. The quantitative estimate of drug-likeness (QED) is 0.785. The molecule has 1 amide bonds. The Morgan fingerprint density at radius 1 is 1.23 bits per heavy atom. The molecular formula is C16H17N5O. The SMILES string of the molecule is C[C@@H](C(=O)Nc1ccc(Cn2cncn2)cc1)n1cccc1. The van der Waals surface area contributed by atoms with Gasteiger partial charge in [-0.25, -0.2) is 9.67 Å². The van der Waals surface area contributed by atoms with Gasteiger partial charge in [0.2, 0.25) is 5.91 Å². The first-order chi connectivity index (χ1) is 10.7. The molecule has 1 aromatic carbocycles. The number of aromatic nitrogens is 4. The Morgan fingerprint density at radius 2 is 1.95 bits per heavy atom. The van der Waals surface area contributed by atoms with E-state index in [1.165, 1.54) is 6.33 Å². The van der Waals surface area contributed by atoms with Crippen molar-refractivity contribution in [2.24, 2.45) is 0 Å². The predicted molar refractivity (Wildman–Crippen MR) is 83.3 cm³/mol. The molecule has 2 aromatic heterocycles. The summed E-state index contributed by atoms with van der Waals surface area (Å²) in [5.74, 6) is -0.0415. The van der Waals surface area contributed by atoms with Crippen LogP contribution in [0.2, 0.25) is 0 Å². The van der Waals surface area contributed by atoms with Gasteiger partial charge in [-0.15, -0.1) is 0 Å². The molecule has 0 aliphatic rings. The Morgan fingerprint density at radius 3 is 2.59 bits per heavy atom. The van der Waals surface area contributed by atoms with Crippen LogP contribution in [0.3, 0.4) is 0 Å². The zero-order valence-corrected chi connectivity index (χ0v) is 12.3. The smallest absolute Gasteiger partial charge is 0.247 e. The van der Waals surface area contributed by atoms with Crippen LogP contribution in [-0.2, 0) is 11.3 Å². The number of benzene rings is 1. The Labute approximate surface area is 128 Å². The van der Waals surface area contributed by atoms with Crippen LogP contribution in [0.25, 0.3) is 0 Å². The normalized spacial score (nSPS) is 12.0. The third-order valence-electron chi connectivity index (χ3n) is 3.49. The van der Waals surface area contributed by atoms with E-state index in [4.69, 9.17) is 0 Å². The van der Waals surface area contributed by atoms with Crippen molar-refractivity contribution in [3.63, 3.8) is 0 Å². The second-order valence-electron chi connectivity index (χ2n) is 5.09. The third-order valence-corrected chi connectivity index (χ3v) is 3.49. The topological polar surface area (TPSA) is 64.7 Å². The maximum atomic E-state index is 12.2. The van der Waals surface area contributed by atoms with Crippen LogP contribution >= 0.6 is 0 Å². The zero-order chi connectivity index (χ0) is 15.4. The lowest BCUT2D eigenvalue weighted by Gasteiger charge is -2.14. The fourth-order valence-corrected chi connectivity index (χ4v) is 2.18. The van der Waals surface area contributed by atoms with Crippen molar-refractivity contribution in [2.45, 2.75) is 19.5 Å². The van der Waals surface area contributed by atoms with Gasteiger partial charge >= 0.3 is 0 Å². The van der Waals surface area contributed by atoms with Gasteiger partial charge in [-0.1, -0.05) is 12.1 Å².